The smallest absolute Gasteiger partial charge is 0.327 e. The van der Waals surface area contributed by atoms with Crippen molar-refractivity contribution in [2.24, 2.45) is 17.2 Å². The van der Waals surface area contributed by atoms with Gasteiger partial charge < -0.3 is 43.6 Å². The summed E-state index contributed by atoms with van der Waals surface area (Å²) in [6.07, 6.45) is 3.25. The van der Waals surface area contributed by atoms with Crippen LogP contribution in [0.25, 0.3) is 0 Å². The Hall–Kier alpha value is -2.42. The first-order valence-electron chi connectivity index (χ1n) is 10.8. The van der Waals surface area contributed by atoms with Crippen molar-refractivity contribution in [2.45, 2.75) is 56.7 Å². The second-order valence-corrected chi connectivity index (χ2v) is 7.74. The number of carbonyl (C=O) groups excluding carboxylic acids is 4. The lowest BCUT2D eigenvalue weighted by Gasteiger charge is -2.21. The second kappa shape index (κ2) is 18.1. The lowest BCUT2D eigenvalue weighted by Crippen LogP contribution is -2.54. The molecule has 0 spiro atoms. The van der Waals surface area contributed by atoms with Crippen molar-refractivity contribution in [2.75, 3.05) is 31.9 Å². The van der Waals surface area contributed by atoms with Crippen LogP contribution in [0.4, 0.5) is 0 Å². The third-order valence-corrected chi connectivity index (χ3v) is 4.94. The van der Waals surface area contributed by atoms with Crippen molar-refractivity contribution in [1.82, 2.24) is 21.3 Å². The van der Waals surface area contributed by atoms with Gasteiger partial charge >= 0.3 is 5.97 Å². The lowest BCUT2D eigenvalue weighted by atomic mass is 10.1. The minimum Gasteiger partial charge on any atom is -0.480 e. The molecule has 0 aliphatic heterocycles. The largest absolute Gasteiger partial charge is 0.480 e. The Kier molecular flexibility index (Phi) is 16.7. The average Bonchev–Trinajstić information content (AvgIpc) is 2.78. The van der Waals surface area contributed by atoms with E-state index in [-0.39, 0.29) is 18.7 Å². The number of rotatable bonds is 18. The van der Waals surface area contributed by atoms with Gasteiger partial charge in [0.15, 0.2) is 0 Å². The van der Waals surface area contributed by atoms with Gasteiger partial charge in [0.25, 0.3) is 0 Å². The number of nitrogens with two attached hydrogens (primary N) is 3. The molecule has 0 aliphatic carbocycles. The SMILES string of the molecule is NCCCC[C@H](NC(=O)CNC(=O)CNC(=O)[C@@H](N)CCCCN)C(=O)N[C@@H](CS)C(=O)O. The zero-order valence-corrected chi connectivity index (χ0v) is 19.6. The molecule has 0 saturated carbocycles. The van der Waals surface area contributed by atoms with Crippen LogP contribution >= 0.6 is 12.6 Å². The predicted molar refractivity (Wildman–Crippen MR) is 125 cm³/mol. The molecule has 0 heterocycles. The summed E-state index contributed by atoms with van der Waals surface area (Å²) in [4.78, 5) is 59.5. The van der Waals surface area contributed by atoms with Crippen LogP contribution in [0.2, 0.25) is 0 Å². The first-order valence-corrected chi connectivity index (χ1v) is 11.4. The van der Waals surface area contributed by atoms with Crippen LogP contribution in [-0.2, 0) is 24.0 Å². The molecule has 0 aromatic heterocycles. The van der Waals surface area contributed by atoms with Gasteiger partial charge in [0.1, 0.15) is 12.1 Å². The summed E-state index contributed by atoms with van der Waals surface area (Å²) in [5.41, 5.74) is 16.6. The van der Waals surface area contributed by atoms with Crippen LogP contribution in [0.5, 0.6) is 0 Å². The second-order valence-electron chi connectivity index (χ2n) is 7.37. The van der Waals surface area contributed by atoms with Gasteiger partial charge in [-0.15, -0.1) is 0 Å². The van der Waals surface area contributed by atoms with Crippen LogP contribution in [0.3, 0.4) is 0 Å². The molecule has 14 heteroatoms. The minimum atomic E-state index is -1.25. The minimum absolute atomic E-state index is 0.122. The van der Waals surface area contributed by atoms with Crippen LogP contribution < -0.4 is 38.5 Å². The summed E-state index contributed by atoms with van der Waals surface area (Å²) < 4.78 is 0. The van der Waals surface area contributed by atoms with E-state index in [1.165, 1.54) is 0 Å². The summed E-state index contributed by atoms with van der Waals surface area (Å²) in [5, 5.41) is 18.6. The van der Waals surface area contributed by atoms with Crippen LogP contribution in [-0.4, -0.2) is 84.8 Å². The van der Waals surface area contributed by atoms with Crippen molar-refractivity contribution in [3.8, 4) is 0 Å². The first-order chi connectivity index (χ1) is 15.7. The van der Waals surface area contributed by atoms with Gasteiger partial charge in [-0.25, -0.2) is 4.79 Å². The maximum Gasteiger partial charge on any atom is 0.327 e. The summed E-state index contributed by atoms with van der Waals surface area (Å²) in [7, 11) is 0. The van der Waals surface area contributed by atoms with E-state index in [0.29, 0.717) is 38.8 Å². The quantitative estimate of drug-likeness (QED) is 0.0692. The van der Waals surface area contributed by atoms with Gasteiger partial charge in [0.05, 0.1) is 19.1 Å². The topological polar surface area (TPSA) is 232 Å². The fraction of sp³-hybridized carbons (Fsp3) is 0.737. The molecule has 4 amide bonds. The number of carbonyl (C=O) groups is 5. The number of thiol groups is 1. The number of hydrogen-bond acceptors (Lipinski definition) is 9. The normalized spacial score (nSPS) is 13.3. The molecule has 13 nitrogen and oxygen atoms in total. The Morgan fingerprint density at radius 2 is 1.33 bits per heavy atom. The number of unbranched alkanes of at least 4 members (excludes halogenated alkanes) is 2. The van der Waals surface area contributed by atoms with Crippen LogP contribution in [0.1, 0.15) is 38.5 Å². The highest BCUT2D eigenvalue weighted by Crippen LogP contribution is 2.02. The highest BCUT2D eigenvalue weighted by atomic mass is 32.1. The highest BCUT2D eigenvalue weighted by Gasteiger charge is 2.25. The van der Waals surface area contributed by atoms with Crippen molar-refractivity contribution >= 4 is 42.2 Å². The van der Waals surface area contributed by atoms with E-state index >= 15 is 0 Å². The first kappa shape index (κ1) is 30.6. The van der Waals surface area contributed by atoms with E-state index in [2.05, 4.69) is 33.9 Å². The molecule has 0 saturated heterocycles. The lowest BCUT2D eigenvalue weighted by molar-refractivity contribution is -0.141. The molecule has 0 bridgehead atoms. The predicted octanol–water partition coefficient (Wildman–Crippen LogP) is -3.21. The fourth-order valence-corrected chi connectivity index (χ4v) is 2.89. The maximum atomic E-state index is 12.4. The number of carboxylic acids is 1. The van der Waals surface area contributed by atoms with E-state index in [1.807, 2.05) is 0 Å². The van der Waals surface area contributed by atoms with Crippen molar-refractivity contribution in [3.05, 3.63) is 0 Å². The summed E-state index contributed by atoms with van der Waals surface area (Å²) >= 11 is 3.89. The zero-order valence-electron chi connectivity index (χ0n) is 18.7. The number of hydrogen-bond donors (Lipinski definition) is 9. The summed E-state index contributed by atoms with van der Waals surface area (Å²) in [6, 6.07) is -2.97. The zero-order chi connectivity index (χ0) is 25.2. The van der Waals surface area contributed by atoms with Gasteiger partial charge in [-0.3, -0.25) is 19.2 Å². The number of amides is 4. The molecule has 0 fully saturated rings. The molecule has 11 N–H and O–H groups in total. The van der Waals surface area contributed by atoms with Crippen molar-refractivity contribution in [1.29, 1.82) is 0 Å². The van der Waals surface area contributed by atoms with Crippen LogP contribution in [0, 0.1) is 0 Å². The van der Waals surface area contributed by atoms with Gasteiger partial charge in [-0.05, 0) is 45.2 Å². The Labute approximate surface area is 198 Å². The Morgan fingerprint density at radius 3 is 1.88 bits per heavy atom. The maximum absolute atomic E-state index is 12.4. The number of carboxylic acid groups (broad SMARTS) is 1. The molecule has 0 aliphatic rings. The molecule has 0 rings (SSSR count). The van der Waals surface area contributed by atoms with E-state index in [9.17, 15) is 24.0 Å². The van der Waals surface area contributed by atoms with Gasteiger partial charge in [-0.1, -0.05) is 6.42 Å². The summed E-state index contributed by atoms with van der Waals surface area (Å²) in [5.74, 6) is -3.80. The van der Waals surface area contributed by atoms with Gasteiger partial charge in [-0.2, -0.15) is 12.6 Å². The third kappa shape index (κ3) is 14.4. The third-order valence-electron chi connectivity index (χ3n) is 4.57. The van der Waals surface area contributed by atoms with E-state index in [0.717, 1.165) is 6.42 Å². The Morgan fingerprint density at radius 1 is 0.758 bits per heavy atom. The standard InChI is InChI=1S/C19H37N7O6S/c20-7-3-1-5-12(22)17(29)24-9-15(27)23-10-16(28)25-13(6-2-4-8-21)18(30)26-14(11-33)19(31)32/h12-14,33H,1-11,20-22H2,(H,23,27)(H,24,29)(H,25,28)(H,26,30)(H,31,32)/t12-,13-,14-/m0/s1. The highest BCUT2D eigenvalue weighted by molar-refractivity contribution is 7.80. The summed E-state index contributed by atoms with van der Waals surface area (Å²) in [6.45, 7) is 0.102. The Balaban J connectivity index is 4.58. The van der Waals surface area contributed by atoms with E-state index < -0.39 is 54.3 Å². The van der Waals surface area contributed by atoms with E-state index in [4.69, 9.17) is 22.3 Å². The number of nitrogens with one attached hydrogen (secondary N) is 4. The molecular formula is C19H37N7O6S. The molecular weight excluding hydrogens is 454 g/mol. The van der Waals surface area contributed by atoms with Crippen molar-refractivity contribution < 1.29 is 29.1 Å². The van der Waals surface area contributed by atoms with Gasteiger partial charge in [0.2, 0.25) is 23.6 Å². The molecule has 33 heavy (non-hydrogen) atoms. The van der Waals surface area contributed by atoms with Crippen molar-refractivity contribution in [3.63, 3.8) is 0 Å². The van der Waals surface area contributed by atoms with Gasteiger partial charge in [0, 0.05) is 5.75 Å². The Bertz CT molecular complexity index is 652. The molecule has 0 radical (unpaired) electrons. The van der Waals surface area contributed by atoms with E-state index in [1.54, 1.807) is 0 Å². The molecule has 0 aromatic rings. The molecule has 0 aromatic carbocycles. The monoisotopic (exact) mass is 491 g/mol. The fourth-order valence-electron chi connectivity index (χ4n) is 2.64. The van der Waals surface area contributed by atoms with Crippen LogP contribution in [0.15, 0.2) is 0 Å². The molecule has 190 valence electrons. The number of aliphatic carboxylic acids is 1. The average molecular weight is 492 g/mol. The molecule has 3 atom stereocenters. The molecule has 0 unspecified atom stereocenters.